The Balaban J connectivity index is 1.79. The lowest BCUT2D eigenvalue weighted by molar-refractivity contribution is 0.359. The highest BCUT2D eigenvalue weighted by Gasteiger charge is 2.20. The number of nitrogens with zero attached hydrogens (tertiary/aromatic N) is 3. The highest BCUT2D eigenvalue weighted by Crippen LogP contribution is 2.19. The van der Waals surface area contributed by atoms with Gasteiger partial charge in [0.25, 0.3) is 5.56 Å². The van der Waals surface area contributed by atoms with E-state index in [1.54, 1.807) is 3.96 Å². The van der Waals surface area contributed by atoms with Crippen molar-refractivity contribution in [1.29, 1.82) is 0 Å². The van der Waals surface area contributed by atoms with Gasteiger partial charge in [-0.2, -0.15) is 4.98 Å². The fraction of sp³-hybridized carbons (Fsp3) is 0.400. The number of aryl methyl sites for hydroxylation is 2. The number of hydrogen-bond acceptors (Lipinski definition) is 5. The number of rotatable bonds is 3. The van der Waals surface area contributed by atoms with Gasteiger partial charge in [-0.3, -0.25) is 8.75 Å². The van der Waals surface area contributed by atoms with Gasteiger partial charge in [-0.15, -0.1) is 0 Å². The van der Waals surface area contributed by atoms with Crippen LogP contribution in [0.3, 0.4) is 0 Å². The van der Waals surface area contributed by atoms with E-state index >= 15 is 0 Å². The molecule has 0 aliphatic heterocycles. The van der Waals surface area contributed by atoms with Gasteiger partial charge in [0, 0.05) is 18.4 Å². The Kier molecular flexibility index (Phi) is 3.41. The lowest BCUT2D eigenvalue weighted by atomic mass is 9.96. The summed E-state index contributed by atoms with van der Waals surface area (Å²) in [4.78, 5) is 16.6. The van der Waals surface area contributed by atoms with Crippen molar-refractivity contribution in [3.63, 3.8) is 0 Å². The minimum Gasteiger partial charge on any atom is -0.339 e. The van der Waals surface area contributed by atoms with Crippen LogP contribution in [0.5, 0.6) is 0 Å². The fourth-order valence-corrected chi connectivity index (χ4v) is 3.02. The lowest BCUT2D eigenvalue weighted by Crippen LogP contribution is -2.15. The Morgan fingerprint density at radius 2 is 2.05 bits per heavy atom. The zero-order valence-electron chi connectivity index (χ0n) is 12.3. The van der Waals surface area contributed by atoms with Crippen molar-refractivity contribution >= 4 is 21.6 Å². The number of benzene rings is 1. The Hall–Kier alpha value is -1.95. The van der Waals surface area contributed by atoms with E-state index in [-0.39, 0.29) is 11.0 Å². The standard InChI is InChI=1S/C15H17N3O2S/c1-15(2,3)14-16-12(20-17-14)8-9-18-13(19)10-6-4-5-7-11(10)21-18/h4-7H,8-9H2,1-3H3. The molecule has 21 heavy (non-hydrogen) atoms. The molecule has 0 radical (unpaired) electrons. The molecule has 0 fully saturated rings. The van der Waals surface area contributed by atoms with Gasteiger partial charge in [-0.1, -0.05) is 49.6 Å². The second kappa shape index (κ2) is 5.11. The molecule has 0 bridgehead atoms. The number of fused-ring (bicyclic) bond motifs is 1. The third-order valence-corrected chi connectivity index (χ3v) is 4.34. The van der Waals surface area contributed by atoms with E-state index in [1.807, 2.05) is 45.0 Å². The van der Waals surface area contributed by atoms with E-state index in [4.69, 9.17) is 4.52 Å². The molecule has 0 amide bonds. The molecule has 0 unspecified atom stereocenters. The summed E-state index contributed by atoms with van der Waals surface area (Å²) in [5.41, 5.74) is -0.0814. The highest BCUT2D eigenvalue weighted by atomic mass is 32.1. The van der Waals surface area contributed by atoms with Gasteiger partial charge in [0.15, 0.2) is 5.82 Å². The van der Waals surface area contributed by atoms with Crippen LogP contribution < -0.4 is 5.56 Å². The highest BCUT2D eigenvalue weighted by molar-refractivity contribution is 7.13. The van der Waals surface area contributed by atoms with Gasteiger partial charge in [0.05, 0.1) is 10.1 Å². The summed E-state index contributed by atoms with van der Waals surface area (Å²) in [6, 6.07) is 7.64. The van der Waals surface area contributed by atoms with Gasteiger partial charge in [0.2, 0.25) is 5.89 Å². The van der Waals surface area contributed by atoms with E-state index in [9.17, 15) is 4.79 Å². The van der Waals surface area contributed by atoms with Crippen LogP contribution in [0.1, 0.15) is 32.5 Å². The Morgan fingerprint density at radius 1 is 1.29 bits per heavy atom. The van der Waals surface area contributed by atoms with Gasteiger partial charge < -0.3 is 4.52 Å². The van der Waals surface area contributed by atoms with Crippen molar-refractivity contribution in [2.24, 2.45) is 0 Å². The molecule has 0 spiro atoms. The van der Waals surface area contributed by atoms with Crippen molar-refractivity contribution in [2.45, 2.75) is 39.2 Å². The van der Waals surface area contributed by atoms with Crippen LogP contribution in [0, 0.1) is 0 Å². The molecule has 1 aromatic carbocycles. The maximum absolute atomic E-state index is 12.2. The predicted octanol–water partition coefficient (Wildman–Crippen LogP) is 2.99. The van der Waals surface area contributed by atoms with Gasteiger partial charge in [-0.05, 0) is 12.1 Å². The largest absolute Gasteiger partial charge is 0.339 e. The van der Waals surface area contributed by atoms with E-state index < -0.39 is 0 Å². The predicted molar refractivity (Wildman–Crippen MR) is 82.8 cm³/mol. The van der Waals surface area contributed by atoms with Crippen LogP contribution in [0.4, 0.5) is 0 Å². The Morgan fingerprint density at radius 3 is 2.71 bits per heavy atom. The SMILES string of the molecule is CC(C)(C)c1noc(CCn2sc3ccccc3c2=O)n1. The fourth-order valence-electron chi connectivity index (χ4n) is 2.02. The van der Waals surface area contributed by atoms with Crippen molar-refractivity contribution in [3.8, 4) is 0 Å². The van der Waals surface area contributed by atoms with E-state index in [2.05, 4.69) is 10.1 Å². The quantitative estimate of drug-likeness (QED) is 0.746. The number of hydrogen-bond donors (Lipinski definition) is 0. The molecule has 110 valence electrons. The summed E-state index contributed by atoms with van der Waals surface area (Å²) < 4.78 is 8.00. The lowest BCUT2D eigenvalue weighted by Gasteiger charge is -2.10. The molecule has 3 rings (SSSR count). The summed E-state index contributed by atoms with van der Waals surface area (Å²) in [5, 5.41) is 4.76. The average molecular weight is 303 g/mol. The first kappa shape index (κ1) is 14.0. The average Bonchev–Trinajstić information content (AvgIpc) is 3.02. The zero-order chi connectivity index (χ0) is 15.0. The van der Waals surface area contributed by atoms with Crippen molar-refractivity contribution < 1.29 is 4.52 Å². The minimum atomic E-state index is -0.129. The normalized spacial score (nSPS) is 12.1. The molecule has 0 aliphatic rings. The first-order chi connectivity index (χ1) is 9.95. The van der Waals surface area contributed by atoms with Crippen LogP contribution in [0.2, 0.25) is 0 Å². The molecule has 6 heteroatoms. The van der Waals surface area contributed by atoms with Crippen molar-refractivity contribution in [3.05, 3.63) is 46.3 Å². The summed E-state index contributed by atoms with van der Waals surface area (Å²) >= 11 is 1.47. The van der Waals surface area contributed by atoms with Gasteiger partial charge >= 0.3 is 0 Å². The van der Waals surface area contributed by atoms with E-state index in [0.717, 1.165) is 10.1 Å². The molecule has 0 N–H and O–H groups in total. The van der Waals surface area contributed by atoms with E-state index in [0.29, 0.717) is 24.7 Å². The first-order valence-corrected chi connectivity index (χ1v) is 7.64. The van der Waals surface area contributed by atoms with Crippen LogP contribution in [0.25, 0.3) is 10.1 Å². The molecule has 2 heterocycles. The summed E-state index contributed by atoms with van der Waals surface area (Å²) in [6.45, 7) is 6.68. The van der Waals surface area contributed by atoms with Crippen molar-refractivity contribution in [1.82, 2.24) is 14.1 Å². The van der Waals surface area contributed by atoms with Crippen LogP contribution in [-0.2, 0) is 18.4 Å². The van der Waals surface area contributed by atoms with Crippen LogP contribution in [-0.4, -0.2) is 14.1 Å². The van der Waals surface area contributed by atoms with Crippen LogP contribution in [0.15, 0.2) is 33.6 Å². The zero-order valence-corrected chi connectivity index (χ0v) is 13.1. The maximum atomic E-state index is 12.2. The summed E-state index contributed by atoms with van der Waals surface area (Å²) in [6.07, 6.45) is 0.565. The van der Waals surface area contributed by atoms with E-state index in [1.165, 1.54) is 11.5 Å². The third-order valence-electron chi connectivity index (χ3n) is 3.22. The molecular formula is C15H17N3O2S. The summed E-state index contributed by atoms with van der Waals surface area (Å²) in [7, 11) is 0. The molecule has 3 aromatic rings. The first-order valence-electron chi connectivity index (χ1n) is 6.87. The third kappa shape index (κ3) is 2.76. The molecule has 0 saturated heterocycles. The number of aromatic nitrogens is 3. The molecule has 5 nitrogen and oxygen atoms in total. The molecule has 0 atom stereocenters. The topological polar surface area (TPSA) is 60.9 Å². The van der Waals surface area contributed by atoms with Gasteiger partial charge in [0.1, 0.15) is 0 Å². The Labute approximate surface area is 126 Å². The monoisotopic (exact) mass is 303 g/mol. The maximum Gasteiger partial charge on any atom is 0.268 e. The Bertz CT molecular complexity index is 823. The van der Waals surface area contributed by atoms with Crippen molar-refractivity contribution in [2.75, 3.05) is 0 Å². The minimum absolute atomic E-state index is 0.0474. The molecule has 0 aliphatic carbocycles. The second-order valence-corrected chi connectivity index (χ2v) is 7.07. The summed E-state index contributed by atoms with van der Waals surface area (Å²) in [5.74, 6) is 1.27. The molecular weight excluding hydrogens is 286 g/mol. The van der Waals surface area contributed by atoms with Gasteiger partial charge in [-0.25, -0.2) is 0 Å². The van der Waals surface area contributed by atoms with Crippen LogP contribution >= 0.6 is 11.5 Å². The smallest absolute Gasteiger partial charge is 0.268 e. The molecule has 0 saturated carbocycles. The second-order valence-electron chi connectivity index (χ2n) is 6.01. The molecule has 2 aromatic heterocycles.